The smallest absolute Gasteiger partial charge is 0.139 e. The molecule has 3 heteroatoms. The van der Waals surface area contributed by atoms with E-state index in [2.05, 4.69) is 108 Å². The maximum atomic E-state index is 6.95. The Morgan fingerprint density at radius 1 is 0.410 bits per heavy atom. The first kappa shape index (κ1) is 22.2. The molecule has 7 aromatic carbocycles. The first-order valence-electron chi connectivity index (χ1n) is 13.1. The minimum absolute atomic E-state index is 0.672. The molecule has 0 spiro atoms. The van der Waals surface area contributed by atoms with E-state index >= 15 is 0 Å². The van der Waals surface area contributed by atoms with Gasteiger partial charge in [0.1, 0.15) is 11.2 Å². The molecule has 2 nitrogen and oxygen atoms in total. The molecule has 0 saturated carbocycles. The number of hydrogen-bond donors (Lipinski definition) is 0. The van der Waals surface area contributed by atoms with Gasteiger partial charge in [0.25, 0.3) is 0 Å². The second-order valence-electron chi connectivity index (χ2n) is 9.89. The molecule has 0 unspecified atom stereocenters. The van der Waals surface area contributed by atoms with E-state index in [4.69, 9.17) is 16.0 Å². The summed E-state index contributed by atoms with van der Waals surface area (Å²) >= 11 is 6.95. The van der Waals surface area contributed by atoms with Crippen molar-refractivity contribution in [3.8, 4) is 0 Å². The van der Waals surface area contributed by atoms with Gasteiger partial charge in [0.05, 0.1) is 10.7 Å². The van der Waals surface area contributed by atoms with Crippen LogP contribution in [0.3, 0.4) is 0 Å². The summed E-state index contributed by atoms with van der Waals surface area (Å²) in [6.07, 6.45) is 0. The molecule has 39 heavy (non-hydrogen) atoms. The summed E-state index contributed by atoms with van der Waals surface area (Å²) in [6, 6.07) is 46.7. The van der Waals surface area contributed by atoms with Gasteiger partial charge in [-0.25, -0.2) is 0 Å². The number of anilines is 3. The molecule has 8 aromatic rings. The van der Waals surface area contributed by atoms with E-state index in [-0.39, 0.29) is 0 Å². The molecule has 0 amide bonds. The highest BCUT2D eigenvalue weighted by atomic mass is 35.5. The van der Waals surface area contributed by atoms with Crippen molar-refractivity contribution in [2.45, 2.75) is 0 Å². The lowest BCUT2D eigenvalue weighted by Gasteiger charge is -2.26. The lowest BCUT2D eigenvalue weighted by Crippen LogP contribution is -2.09. The lowest BCUT2D eigenvalue weighted by atomic mass is 9.94. The highest BCUT2D eigenvalue weighted by Gasteiger charge is 2.19. The fourth-order valence-corrected chi connectivity index (χ4v) is 6.29. The van der Waals surface area contributed by atoms with Crippen LogP contribution in [0.15, 0.2) is 138 Å². The van der Waals surface area contributed by atoms with Gasteiger partial charge in [0, 0.05) is 28.2 Å². The van der Waals surface area contributed by atoms with Crippen molar-refractivity contribution < 1.29 is 4.42 Å². The first-order valence-corrected chi connectivity index (χ1v) is 13.4. The Bertz CT molecular complexity index is 2160. The van der Waals surface area contributed by atoms with Crippen molar-refractivity contribution in [3.05, 3.63) is 138 Å². The highest BCUT2D eigenvalue weighted by Crippen LogP contribution is 2.44. The minimum atomic E-state index is 0.672. The molecular weight excluding hydrogens is 498 g/mol. The van der Waals surface area contributed by atoms with Crippen molar-refractivity contribution in [2.75, 3.05) is 4.90 Å². The number of fused-ring (bicyclic) bond motifs is 9. The average Bonchev–Trinajstić information content (AvgIpc) is 3.37. The van der Waals surface area contributed by atoms with Crippen LogP contribution in [0.25, 0.3) is 54.3 Å². The minimum Gasteiger partial charge on any atom is -0.456 e. The third kappa shape index (κ3) is 3.42. The maximum absolute atomic E-state index is 6.95. The lowest BCUT2D eigenvalue weighted by molar-refractivity contribution is 0.669. The van der Waals surface area contributed by atoms with Crippen LogP contribution in [-0.2, 0) is 0 Å². The summed E-state index contributed by atoms with van der Waals surface area (Å²) in [5, 5.41) is 10.1. The molecule has 0 atom stereocenters. The Hall–Kier alpha value is -4.79. The zero-order valence-corrected chi connectivity index (χ0v) is 21.7. The standard InChI is InChI=1S/C36H22ClNO/c37-33-21-25(22-35-36(33)31-16-8-9-17-34(31)39-35)38(23-10-2-1-3-11-23)24-18-19-30-28-14-5-4-12-26(28)27-13-6-7-15-29(27)32(30)20-24/h1-22H. The summed E-state index contributed by atoms with van der Waals surface area (Å²) in [6.45, 7) is 0. The summed E-state index contributed by atoms with van der Waals surface area (Å²) < 4.78 is 6.26. The molecule has 8 rings (SSSR count). The second kappa shape index (κ2) is 8.62. The third-order valence-corrected chi connectivity index (χ3v) is 7.97. The van der Waals surface area contributed by atoms with Gasteiger partial charge in [-0.05, 0) is 68.7 Å². The molecule has 1 aromatic heterocycles. The normalized spacial score (nSPS) is 11.7. The first-order chi connectivity index (χ1) is 19.3. The quantitative estimate of drug-likeness (QED) is 0.216. The highest BCUT2D eigenvalue weighted by molar-refractivity contribution is 6.38. The second-order valence-corrected chi connectivity index (χ2v) is 10.3. The van der Waals surface area contributed by atoms with E-state index in [0.717, 1.165) is 39.0 Å². The summed E-state index contributed by atoms with van der Waals surface area (Å²) in [5.41, 5.74) is 4.66. The van der Waals surface area contributed by atoms with Gasteiger partial charge in [-0.3, -0.25) is 0 Å². The van der Waals surface area contributed by atoms with E-state index in [1.165, 1.54) is 32.3 Å². The zero-order chi connectivity index (χ0) is 25.9. The number of hydrogen-bond acceptors (Lipinski definition) is 2. The molecule has 0 fully saturated rings. The number of benzene rings is 7. The monoisotopic (exact) mass is 519 g/mol. The number of para-hydroxylation sites is 2. The summed E-state index contributed by atoms with van der Waals surface area (Å²) in [5.74, 6) is 0. The number of furan rings is 1. The summed E-state index contributed by atoms with van der Waals surface area (Å²) in [4.78, 5) is 2.25. The van der Waals surface area contributed by atoms with Crippen LogP contribution in [0.4, 0.5) is 17.1 Å². The average molecular weight is 520 g/mol. The fourth-order valence-electron chi connectivity index (χ4n) is 5.98. The zero-order valence-electron chi connectivity index (χ0n) is 20.9. The van der Waals surface area contributed by atoms with Crippen LogP contribution in [-0.4, -0.2) is 0 Å². The molecule has 184 valence electrons. The van der Waals surface area contributed by atoms with Gasteiger partial charge in [0.15, 0.2) is 0 Å². The number of rotatable bonds is 3. The fraction of sp³-hybridized carbons (Fsp3) is 0. The van der Waals surface area contributed by atoms with Crippen LogP contribution in [0.1, 0.15) is 0 Å². The van der Waals surface area contributed by atoms with Gasteiger partial charge in [-0.2, -0.15) is 0 Å². The predicted molar refractivity (Wildman–Crippen MR) is 166 cm³/mol. The van der Waals surface area contributed by atoms with Gasteiger partial charge in [0.2, 0.25) is 0 Å². The molecule has 0 bridgehead atoms. The van der Waals surface area contributed by atoms with Gasteiger partial charge < -0.3 is 9.32 Å². The largest absolute Gasteiger partial charge is 0.456 e. The third-order valence-electron chi connectivity index (χ3n) is 7.67. The summed E-state index contributed by atoms with van der Waals surface area (Å²) in [7, 11) is 0. The Labute approximate surface area is 230 Å². The van der Waals surface area contributed by atoms with Crippen LogP contribution in [0.2, 0.25) is 5.02 Å². The van der Waals surface area contributed by atoms with Crippen LogP contribution < -0.4 is 4.90 Å². The van der Waals surface area contributed by atoms with Gasteiger partial charge >= 0.3 is 0 Å². The molecule has 0 N–H and O–H groups in total. The molecular formula is C36H22ClNO. The van der Waals surface area contributed by atoms with Gasteiger partial charge in [-0.1, -0.05) is 103 Å². The Balaban J connectivity index is 1.42. The molecule has 0 aliphatic heterocycles. The van der Waals surface area contributed by atoms with Crippen LogP contribution >= 0.6 is 11.6 Å². The topological polar surface area (TPSA) is 16.4 Å². The molecule has 0 radical (unpaired) electrons. The Kier molecular flexibility index (Phi) is 4.91. The van der Waals surface area contributed by atoms with E-state index in [1.54, 1.807) is 0 Å². The van der Waals surface area contributed by atoms with Crippen molar-refractivity contribution in [1.29, 1.82) is 0 Å². The van der Waals surface area contributed by atoms with E-state index in [1.807, 2.05) is 30.3 Å². The van der Waals surface area contributed by atoms with Gasteiger partial charge in [-0.15, -0.1) is 0 Å². The van der Waals surface area contributed by atoms with Crippen LogP contribution in [0, 0.1) is 0 Å². The van der Waals surface area contributed by atoms with E-state index in [9.17, 15) is 0 Å². The van der Waals surface area contributed by atoms with E-state index < -0.39 is 0 Å². The molecule has 0 saturated heterocycles. The Morgan fingerprint density at radius 2 is 0.974 bits per heavy atom. The van der Waals surface area contributed by atoms with Crippen molar-refractivity contribution in [3.63, 3.8) is 0 Å². The number of nitrogens with zero attached hydrogens (tertiary/aromatic N) is 1. The molecule has 1 heterocycles. The van der Waals surface area contributed by atoms with Crippen molar-refractivity contribution in [1.82, 2.24) is 0 Å². The molecule has 0 aliphatic rings. The Morgan fingerprint density at radius 3 is 1.67 bits per heavy atom. The van der Waals surface area contributed by atoms with Crippen molar-refractivity contribution >= 4 is 82.9 Å². The van der Waals surface area contributed by atoms with Crippen LogP contribution in [0.5, 0.6) is 0 Å². The van der Waals surface area contributed by atoms with E-state index in [0.29, 0.717) is 5.02 Å². The maximum Gasteiger partial charge on any atom is 0.139 e. The van der Waals surface area contributed by atoms with Crippen molar-refractivity contribution in [2.24, 2.45) is 0 Å². The SMILES string of the molecule is Clc1cc(N(c2ccccc2)c2ccc3c4ccccc4c4ccccc4c3c2)cc2oc3ccccc3c12. The molecule has 0 aliphatic carbocycles. The predicted octanol–water partition coefficient (Wildman–Crippen LogP) is 11.2. The number of halogens is 1.